The van der Waals surface area contributed by atoms with Crippen LogP contribution in [0, 0.1) is 10.1 Å². The van der Waals surface area contributed by atoms with Crippen LogP contribution in [0.25, 0.3) is 0 Å². The van der Waals surface area contributed by atoms with Crippen molar-refractivity contribution in [2.75, 3.05) is 18.9 Å². The first-order valence-corrected chi connectivity index (χ1v) is 6.75. The van der Waals surface area contributed by atoms with E-state index in [4.69, 9.17) is 10.5 Å². The van der Waals surface area contributed by atoms with Crippen LogP contribution in [0.2, 0.25) is 0 Å². The largest absolute Gasteiger partial charge is 0.492 e. The van der Waals surface area contributed by atoms with E-state index in [1.54, 1.807) is 6.07 Å². The van der Waals surface area contributed by atoms with Gasteiger partial charge in [0.2, 0.25) is 0 Å². The molecule has 112 valence electrons. The molecule has 2 N–H and O–H groups in total. The summed E-state index contributed by atoms with van der Waals surface area (Å²) in [4.78, 5) is 12.5. The van der Waals surface area contributed by atoms with Gasteiger partial charge in [-0.3, -0.25) is 15.0 Å². The van der Waals surface area contributed by atoms with E-state index in [0.717, 1.165) is 6.54 Å². The summed E-state index contributed by atoms with van der Waals surface area (Å²) in [6, 6.07) is 5.32. The lowest BCUT2D eigenvalue weighted by Gasteiger charge is -2.30. The summed E-state index contributed by atoms with van der Waals surface area (Å²) in [7, 11) is 0. The van der Waals surface area contributed by atoms with Gasteiger partial charge in [0.1, 0.15) is 18.0 Å². The maximum atomic E-state index is 10.7. The first kappa shape index (κ1) is 16.2. The fraction of sp³-hybridized carbons (Fsp3) is 0.571. The highest BCUT2D eigenvalue weighted by Crippen LogP contribution is 2.25. The second-order valence-electron chi connectivity index (χ2n) is 5.25. The number of anilines is 1. The molecule has 0 amide bonds. The zero-order valence-electron chi connectivity index (χ0n) is 12.5. The van der Waals surface area contributed by atoms with Crippen molar-refractivity contribution in [3.05, 3.63) is 28.3 Å². The van der Waals surface area contributed by atoms with Crippen LogP contribution < -0.4 is 10.5 Å². The van der Waals surface area contributed by atoms with E-state index < -0.39 is 4.92 Å². The Morgan fingerprint density at radius 2 is 1.90 bits per heavy atom. The minimum absolute atomic E-state index is 0.0941. The molecule has 0 fully saturated rings. The van der Waals surface area contributed by atoms with Crippen LogP contribution in [-0.4, -0.2) is 35.1 Å². The summed E-state index contributed by atoms with van der Waals surface area (Å²) >= 11 is 0. The number of benzene rings is 1. The molecule has 20 heavy (non-hydrogen) atoms. The monoisotopic (exact) mass is 281 g/mol. The summed E-state index contributed by atoms with van der Waals surface area (Å²) in [6.07, 6.45) is 0. The molecule has 0 radical (unpaired) electrons. The van der Waals surface area contributed by atoms with Crippen molar-refractivity contribution >= 4 is 11.4 Å². The summed E-state index contributed by atoms with van der Waals surface area (Å²) in [5.41, 5.74) is 5.65. The molecule has 0 aliphatic heterocycles. The van der Waals surface area contributed by atoms with Crippen molar-refractivity contribution < 1.29 is 9.66 Å². The summed E-state index contributed by atoms with van der Waals surface area (Å²) in [5, 5.41) is 10.7. The maximum Gasteiger partial charge on any atom is 0.292 e. The SMILES string of the molecule is CC(C)N(CCOc1ccc([N+](=O)[O-])c(N)c1)C(C)C. The summed E-state index contributed by atoms with van der Waals surface area (Å²) in [6.45, 7) is 9.89. The van der Waals surface area contributed by atoms with E-state index >= 15 is 0 Å². The molecule has 0 atom stereocenters. The van der Waals surface area contributed by atoms with Crippen LogP contribution in [0.1, 0.15) is 27.7 Å². The van der Waals surface area contributed by atoms with Gasteiger partial charge in [0.15, 0.2) is 0 Å². The predicted molar refractivity (Wildman–Crippen MR) is 80.0 cm³/mol. The van der Waals surface area contributed by atoms with Crippen molar-refractivity contribution in [3.63, 3.8) is 0 Å². The Hall–Kier alpha value is -1.82. The lowest BCUT2D eigenvalue weighted by molar-refractivity contribution is -0.383. The van der Waals surface area contributed by atoms with Crippen LogP contribution in [0.5, 0.6) is 5.75 Å². The molecular formula is C14H23N3O3. The average Bonchev–Trinajstić information content (AvgIpc) is 2.33. The van der Waals surface area contributed by atoms with E-state index in [2.05, 4.69) is 32.6 Å². The quantitative estimate of drug-likeness (QED) is 0.472. The summed E-state index contributed by atoms with van der Waals surface area (Å²) < 4.78 is 5.61. The fourth-order valence-corrected chi connectivity index (χ4v) is 2.17. The first-order valence-electron chi connectivity index (χ1n) is 6.75. The lowest BCUT2D eigenvalue weighted by atomic mass is 10.2. The minimum atomic E-state index is -0.502. The Labute approximate surface area is 119 Å². The highest BCUT2D eigenvalue weighted by Gasteiger charge is 2.14. The normalized spacial score (nSPS) is 11.3. The zero-order valence-corrected chi connectivity index (χ0v) is 12.5. The Balaban J connectivity index is 2.58. The molecular weight excluding hydrogens is 258 g/mol. The van der Waals surface area contributed by atoms with Crippen LogP contribution in [0.3, 0.4) is 0 Å². The van der Waals surface area contributed by atoms with Crippen molar-refractivity contribution in [1.82, 2.24) is 4.90 Å². The molecule has 0 saturated carbocycles. The standard InChI is InChI=1S/C14H23N3O3/c1-10(2)16(11(3)4)7-8-20-12-5-6-14(17(18)19)13(15)9-12/h5-6,9-11H,7-8,15H2,1-4H3. The Morgan fingerprint density at radius 3 is 2.35 bits per heavy atom. The van der Waals surface area contributed by atoms with Gasteiger partial charge in [0, 0.05) is 30.8 Å². The molecule has 0 bridgehead atoms. The molecule has 1 rings (SSSR count). The number of hydrogen-bond acceptors (Lipinski definition) is 5. The molecule has 0 aliphatic rings. The minimum Gasteiger partial charge on any atom is -0.492 e. The van der Waals surface area contributed by atoms with E-state index in [0.29, 0.717) is 24.4 Å². The van der Waals surface area contributed by atoms with E-state index in [-0.39, 0.29) is 11.4 Å². The molecule has 0 aliphatic carbocycles. The Bertz CT molecular complexity index is 453. The van der Waals surface area contributed by atoms with Gasteiger partial charge >= 0.3 is 0 Å². The number of nitro groups is 1. The maximum absolute atomic E-state index is 10.7. The molecule has 1 aromatic rings. The molecule has 0 spiro atoms. The second kappa shape index (κ2) is 7.09. The third-order valence-corrected chi connectivity index (χ3v) is 3.14. The Morgan fingerprint density at radius 1 is 1.30 bits per heavy atom. The van der Waals surface area contributed by atoms with Gasteiger partial charge < -0.3 is 10.5 Å². The van der Waals surface area contributed by atoms with Gasteiger partial charge in [0.25, 0.3) is 5.69 Å². The highest BCUT2D eigenvalue weighted by molar-refractivity contribution is 5.60. The number of nitro benzene ring substituents is 1. The number of nitrogens with zero attached hydrogens (tertiary/aromatic N) is 2. The molecule has 0 unspecified atom stereocenters. The van der Waals surface area contributed by atoms with Gasteiger partial charge in [-0.1, -0.05) is 0 Å². The third kappa shape index (κ3) is 4.38. The predicted octanol–water partition coefficient (Wildman–Crippen LogP) is 2.67. The molecule has 1 aromatic carbocycles. The smallest absolute Gasteiger partial charge is 0.292 e. The third-order valence-electron chi connectivity index (χ3n) is 3.14. The topological polar surface area (TPSA) is 81.6 Å². The van der Waals surface area contributed by atoms with Crippen LogP contribution in [0.15, 0.2) is 18.2 Å². The number of hydrogen-bond donors (Lipinski definition) is 1. The van der Waals surface area contributed by atoms with Gasteiger partial charge in [-0.2, -0.15) is 0 Å². The van der Waals surface area contributed by atoms with Gasteiger partial charge in [-0.15, -0.1) is 0 Å². The van der Waals surface area contributed by atoms with Crippen molar-refractivity contribution in [1.29, 1.82) is 0 Å². The van der Waals surface area contributed by atoms with Gasteiger partial charge in [-0.25, -0.2) is 0 Å². The number of ether oxygens (including phenoxy) is 1. The second-order valence-corrected chi connectivity index (χ2v) is 5.25. The van der Waals surface area contributed by atoms with Crippen molar-refractivity contribution in [2.45, 2.75) is 39.8 Å². The van der Waals surface area contributed by atoms with Crippen LogP contribution in [-0.2, 0) is 0 Å². The van der Waals surface area contributed by atoms with E-state index in [9.17, 15) is 10.1 Å². The zero-order chi connectivity index (χ0) is 15.3. The molecule has 0 aromatic heterocycles. The van der Waals surface area contributed by atoms with Gasteiger partial charge in [-0.05, 0) is 33.8 Å². The number of nitrogens with two attached hydrogens (primary N) is 1. The van der Waals surface area contributed by atoms with Crippen molar-refractivity contribution in [3.8, 4) is 5.75 Å². The average molecular weight is 281 g/mol. The number of rotatable bonds is 7. The molecule has 6 nitrogen and oxygen atoms in total. The Kier molecular flexibility index (Phi) is 5.76. The van der Waals surface area contributed by atoms with Gasteiger partial charge in [0.05, 0.1) is 4.92 Å². The van der Waals surface area contributed by atoms with E-state index in [1.165, 1.54) is 12.1 Å². The summed E-state index contributed by atoms with van der Waals surface area (Å²) in [5.74, 6) is 0.556. The van der Waals surface area contributed by atoms with E-state index in [1.807, 2.05) is 0 Å². The van der Waals surface area contributed by atoms with Crippen LogP contribution >= 0.6 is 0 Å². The fourth-order valence-electron chi connectivity index (χ4n) is 2.17. The number of nitrogen functional groups attached to an aromatic ring is 1. The molecule has 6 heteroatoms. The van der Waals surface area contributed by atoms with Crippen molar-refractivity contribution in [2.24, 2.45) is 0 Å². The highest BCUT2D eigenvalue weighted by atomic mass is 16.6. The molecule has 0 heterocycles. The van der Waals surface area contributed by atoms with Crippen LogP contribution in [0.4, 0.5) is 11.4 Å². The lowest BCUT2D eigenvalue weighted by Crippen LogP contribution is -2.39. The molecule has 0 saturated heterocycles. The first-order chi connectivity index (χ1) is 9.32.